The lowest BCUT2D eigenvalue weighted by Crippen LogP contribution is -2.09. The predicted molar refractivity (Wildman–Crippen MR) is 115 cm³/mol. The van der Waals surface area contributed by atoms with Gasteiger partial charge in [0, 0.05) is 22.7 Å². The SMILES string of the molecule is CCSc1nnc2n1-c1ccc(Br)cc1C(c1ccccn1)=N[C@H]2CCC(=O)O. The van der Waals surface area contributed by atoms with Gasteiger partial charge in [0.05, 0.1) is 17.1 Å². The minimum atomic E-state index is -0.863. The van der Waals surface area contributed by atoms with E-state index in [1.54, 1.807) is 18.0 Å². The molecule has 0 bridgehead atoms. The maximum absolute atomic E-state index is 11.2. The second kappa shape index (κ2) is 8.46. The number of aliphatic carboxylic acids is 1. The fourth-order valence-corrected chi connectivity index (χ4v) is 4.32. The number of hydrogen-bond acceptors (Lipinski definition) is 6. The van der Waals surface area contributed by atoms with Crippen LogP contribution in [-0.4, -0.2) is 42.3 Å². The zero-order valence-electron chi connectivity index (χ0n) is 15.6. The Kier molecular flexibility index (Phi) is 5.77. The summed E-state index contributed by atoms with van der Waals surface area (Å²) in [6, 6.07) is 11.2. The molecular weight excluding hydrogens is 454 g/mol. The molecule has 0 spiro atoms. The number of hydrogen-bond donors (Lipinski definition) is 1. The molecule has 1 aliphatic heterocycles. The van der Waals surface area contributed by atoms with Crippen molar-refractivity contribution in [3.05, 3.63) is 64.1 Å². The number of rotatable bonds is 6. The van der Waals surface area contributed by atoms with Crippen LogP contribution in [0, 0.1) is 0 Å². The summed E-state index contributed by atoms with van der Waals surface area (Å²) in [6.07, 6.45) is 2.05. The summed E-state index contributed by atoms with van der Waals surface area (Å²) in [4.78, 5) is 20.7. The maximum Gasteiger partial charge on any atom is 0.303 e. The topological polar surface area (TPSA) is 93.3 Å². The first-order valence-electron chi connectivity index (χ1n) is 9.18. The van der Waals surface area contributed by atoms with Crippen LogP contribution in [0.4, 0.5) is 0 Å². The molecule has 0 amide bonds. The second-order valence-electron chi connectivity index (χ2n) is 6.41. The van der Waals surface area contributed by atoms with Gasteiger partial charge < -0.3 is 5.11 Å². The highest BCUT2D eigenvalue weighted by molar-refractivity contribution is 9.10. The van der Waals surface area contributed by atoms with Gasteiger partial charge in [0.15, 0.2) is 11.0 Å². The highest BCUT2D eigenvalue weighted by Gasteiger charge is 2.29. The van der Waals surface area contributed by atoms with Crippen LogP contribution < -0.4 is 0 Å². The molecule has 4 rings (SSSR count). The number of fused-ring (bicyclic) bond motifs is 3. The van der Waals surface area contributed by atoms with Crippen LogP contribution in [0.3, 0.4) is 0 Å². The highest BCUT2D eigenvalue weighted by Crippen LogP contribution is 2.36. The quantitative estimate of drug-likeness (QED) is 0.538. The average Bonchev–Trinajstić information content (AvgIpc) is 3.06. The zero-order valence-corrected chi connectivity index (χ0v) is 18.0. The molecule has 0 saturated carbocycles. The first-order valence-corrected chi connectivity index (χ1v) is 11.0. The van der Waals surface area contributed by atoms with Crippen LogP contribution >= 0.6 is 27.7 Å². The molecular formula is C20H18BrN5O2S. The molecule has 0 aliphatic carbocycles. The monoisotopic (exact) mass is 471 g/mol. The average molecular weight is 472 g/mol. The van der Waals surface area contributed by atoms with E-state index >= 15 is 0 Å². The Morgan fingerprint density at radius 3 is 2.86 bits per heavy atom. The maximum atomic E-state index is 11.2. The highest BCUT2D eigenvalue weighted by atomic mass is 79.9. The fourth-order valence-electron chi connectivity index (χ4n) is 3.28. The van der Waals surface area contributed by atoms with Crippen molar-refractivity contribution >= 4 is 39.4 Å². The van der Waals surface area contributed by atoms with Gasteiger partial charge in [-0.1, -0.05) is 40.7 Å². The molecule has 1 N–H and O–H groups in total. The molecule has 0 fully saturated rings. The summed E-state index contributed by atoms with van der Waals surface area (Å²) < 4.78 is 2.92. The van der Waals surface area contributed by atoms with Gasteiger partial charge in [-0.25, -0.2) is 0 Å². The van der Waals surface area contributed by atoms with Gasteiger partial charge in [0.1, 0.15) is 6.04 Å². The lowest BCUT2D eigenvalue weighted by atomic mass is 10.0. The van der Waals surface area contributed by atoms with E-state index < -0.39 is 12.0 Å². The van der Waals surface area contributed by atoms with Gasteiger partial charge in [0.25, 0.3) is 0 Å². The molecule has 1 atom stereocenters. The second-order valence-corrected chi connectivity index (χ2v) is 8.56. The number of carboxylic acids is 1. The first-order chi connectivity index (χ1) is 14.1. The van der Waals surface area contributed by atoms with E-state index in [0.29, 0.717) is 12.2 Å². The predicted octanol–water partition coefficient (Wildman–Crippen LogP) is 4.29. The number of pyridine rings is 1. The Labute approximate surface area is 180 Å². The summed E-state index contributed by atoms with van der Waals surface area (Å²) in [6.45, 7) is 2.06. The molecule has 2 aromatic heterocycles. The van der Waals surface area contributed by atoms with Crippen LogP contribution in [-0.2, 0) is 4.79 Å². The minimum absolute atomic E-state index is 0.00712. The summed E-state index contributed by atoms with van der Waals surface area (Å²) in [5.74, 6) is 0.632. The van der Waals surface area contributed by atoms with Crippen LogP contribution in [0.15, 0.2) is 57.2 Å². The number of aliphatic imine (C=N–C) groups is 1. The van der Waals surface area contributed by atoms with Gasteiger partial charge in [-0.15, -0.1) is 10.2 Å². The van der Waals surface area contributed by atoms with Crippen molar-refractivity contribution in [1.29, 1.82) is 0 Å². The zero-order chi connectivity index (χ0) is 20.4. The Morgan fingerprint density at radius 2 is 2.14 bits per heavy atom. The normalized spacial score (nSPS) is 15.2. The molecule has 1 aromatic carbocycles. The minimum Gasteiger partial charge on any atom is -0.481 e. The molecule has 3 aromatic rings. The number of carboxylic acid groups (broad SMARTS) is 1. The van der Waals surface area contributed by atoms with Gasteiger partial charge in [-0.3, -0.25) is 19.3 Å². The fraction of sp³-hybridized carbons (Fsp3) is 0.250. The van der Waals surface area contributed by atoms with E-state index in [1.165, 1.54) is 0 Å². The van der Waals surface area contributed by atoms with Crippen molar-refractivity contribution < 1.29 is 9.90 Å². The molecule has 9 heteroatoms. The van der Waals surface area contributed by atoms with Gasteiger partial charge in [0.2, 0.25) is 0 Å². The molecule has 3 heterocycles. The van der Waals surface area contributed by atoms with E-state index in [2.05, 4.69) is 38.0 Å². The molecule has 148 valence electrons. The van der Waals surface area contributed by atoms with Crippen molar-refractivity contribution in [1.82, 2.24) is 19.7 Å². The van der Waals surface area contributed by atoms with Crippen molar-refractivity contribution in [3.8, 4) is 5.69 Å². The Hall–Kier alpha value is -2.52. The molecule has 29 heavy (non-hydrogen) atoms. The summed E-state index contributed by atoms with van der Waals surface area (Å²) in [5.41, 5.74) is 3.26. The Balaban J connectivity index is 1.97. The summed E-state index contributed by atoms with van der Waals surface area (Å²) >= 11 is 5.15. The number of thioether (sulfide) groups is 1. The van der Waals surface area contributed by atoms with E-state index in [0.717, 1.165) is 38.0 Å². The number of nitrogens with zero attached hydrogens (tertiary/aromatic N) is 5. The Bertz CT molecular complexity index is 1080. The van der Waals surface area contributed by atoms with Gasteiger partial charge in [-0.05, 0) is 42.5 Å². The van der Waals surface area contributed by atoms with E-state index in [1.807, 2.05) is 41.0 Å². The lowest BCUT2D eigenvalue weighted by Gasteiger charge is -2.13. The standard InChI is InChI=1S/C20H18BrN5O2S/c1-2-29-20-25-24-19-15(7-9-17(27)28)23-18(14-5-3-4-10-22-14)13-11-12(21)6-8-16(13)26(19)20/h3-6,8,10-11,15H,2,7,9H2,1H3,(H,27,28)/t15-/m0/s1. The summed E-state index contributed by atoms with van der Waals surface area (Å²) in [5, 5.41) is 18.8. The molecule has 0 unspecified atom stereocenters. The van der Waals surface area contributed by atoms with Gasteiger partial charge >= 0.3 is 5.97 Å². The first kappa shape index (κ1) is 19.8. The number of halogens is 1. The Morgan fingerprint density at radius 1 is 1.28 bits per heavy atom. The van der Waals surface area contributed by atoms with Crippen molar-refractivity contribution in [2.24, 2.45) is 4.99 Å². The van der Waals surface area contributed by atoms with Crippen molar-refractivity contribution in [2.75, 3.05) is 5.75 Å². The van der Waals surface area contributed by atoms with Crippen LogP contribution in [0.2, 0.25) is 0 Å². The lowest BCUT2D eigenvalue weighted by molar-refractivity contribution is -0.137. The molecule has 7 nitrogen and oxygen atoms in total. The van der Waals surface area contributed by atoms with E-state index in [9.17, 15) is 9.90 Å². The van der Waals surface area contributed by atoms with E-state index in [-0.39, 0.29) is 6.42 Å². The third-order valence-corrected chi connectivity index (χ3v) is 5.81. The number of aromatic nitrogens is 4. The van der Waals surface area contributed by atoms with Crippen LogP contribution in [0.5, 0.6) is 0 Å². The third kappa shape index (κ3) is 3.97. The molecule has 0 saturated heterocycles. The number of carbonyl (C=O) groups is 1. The van der Waals surface area contributed by atoms with E-state index in [4.69, 9.17) is 4.99 Å². The van der Waals surface area contributed by atoms with Crippen molar-refractivity contribution in [2.45, 2.75) is 31.0 Å². The smallest absolute Gasteiger partial charge is 0.303 e. The molecule has 0 radical (unpaired) electrons. The third-order valence-electron chi connectivity index (χ3n) is 4.51. The molecule has 1 aliphatic rings. The van der Waals surface area contributed by atoms with Gasteiger partial charge in [-0.2, -0.15) is 0 Å². The van der Waals surface area contributed by atoms with Crippen LogP contribution in [0.1, 0.15) is 42.9 Å². The summed E-state index contributed by atoms with van der Waals surface area (Å²) in [7, 11) is 0. The van der Waals surface area contributed by atoms with Crippen molar-refractivity contribution in [3.63, 3.8) is 0 Å². The largest absolute Gasteiger partial charge is 0.481 e. The number of benzene rings is 1. The van der Waals surface area contributed by atoms with Crippen LogP contribution in [0.25, 0.3) is 5.69 Å².